The zero-order valence-corrected chi connectivity index (χ0v) is 11.6. The Kier molecular flexibility index (Phi) is 4.46. The van der Waals surface area contributed by atoms with Crippen molar-refractivity contribution in [3.63, 3.8) is 0 Å². The second kappa shape index (κ2) is 6.08. The number of aromatic nitrogens is 1. The first-order chi connectivity index (χ1) is 8.70. The molecule has 1 atom stereocenters. The Labute approximate surface area is 113 Å². The van der Waals surface area contributed by atoms with Gasteiger partial charge in [-0.3, -0.25) is 4.79 Å². The van der Waals surface area contributed by atoms with Gasteiger partial charge in [0.15, 0.2) is 0 Å². The van der Waals surface area contributed by atoms with E-state index in [-0.39, 0.29) is 18.4 Å². The molecule has 4 nitrogen and oxygen atoms in total. The molecule has 96 valence electrons. The Balaban J connectivity index is 1.99. The van der Waals surface area contributed by atoms with Gasteiger partial charge in [0.25, 0.3) is 5.91 Å². The SMILES string of the molecule is CC(CO)CNC(=O)c1csc(-c2ccsc2)n1. The van der Waals surface area contributed by atoms with Crippen LogP contribution in [0.2, 0.25) is 0 Å². The van der Waals surface area contributed by atoms with Crippen LogP contribution in [0.4, 0.5) is 0 Å². The molecule has 1 unspecified atom stereocenters. The molecule has 0 bridgehead atoms. The van der Waals surface area contributed by atoms with Crippen LogP contribution in [-0.4, -0.2) is 29.1 Å². The van der Waals surface area contributed by atoms with Crippen molar-refractivity contribution in [1.82, 2.24) is 10.3 Å². The van der Waals surface area contributed by atoms with Gasteiger partial charge >= 0.3 is 0 Å². The van der Waals surface area contributed by atoms with E-state index in [0.29, 0.717) is 12.2 Å². The summed E-state index contributed by atoms with van der Waals surface area (Å²) >= 11 is 3.07. The Hall–Kier alpha value is -1.24. The maximum absolute atomic E-state index is 11.8. The van der Waals surface area contributed by atoms with E-state index in [4.69, 9.17) is 5.11 Å². The highest BCUT2D eigenvalue weighted by atomic mass is 32.1. The van der Waals surface area contributed by atoms with Crippen LogP contribution >= 0.6 is 22.7 Å². The van der Waals surface area contributed by atoms with Gasteiger partial charge in [0.1, 0.15) is 10.7 Å². The molecule has 0 spiro atoms. The van der Waals surface area contributed by atoms with Gasteiger partial charge in [0.05, 0.1) is 0 Å². The number of rotatable bonds is 5. The molecule has 0 aliphatic rings. The van der Waals surface area contributed by atoms with E-state index in [1.165, 1.54) is 11.3 Å². The van der Waals surface area contributed by atoms with Crippen LogP contribution in [0.1, 0.15) is 17.4 Å². The highest BCUT2D eigenvalue weighted by molar-refractivity contribution is 7.14. The van der Waals surface area contributed by atoms with Crippen molar-refractivity contribution in [1.29, 1.82) is 0 Å². The summed E-state index contributed by atoms with van der Waals surface area (Å²) in [7, 11) is 0. The number of hydrogen-bond donors (Lipinski definition) is 2. The standard InChI is InChI=1S/C12H14N2O2S2/c1-8(5-15)4-13-11(16)10-7-18-12(14-10)9-2-3-17-6-9/h2-3,6-8,15H,4-5H2,1H3,(H,13,16). The summed E-state index contributed by atoms with van der Waals surface area (Å²) in [5, 5.41) is 18.2. The summed E-state index contributed by atoms with van der Waals surface area (Å²) in [6, 6.07) is 1.99. The lowest BCUT2D eigenvalue weighted by Gasteiger charge is -2.07. The minimum Gasteiger partial charge on any atom is -0.396 e. The normalized spacial score (nSPS) is 12.3. The molecular weight excluding hydrogens is 268 g/mol. The van der Waals surface area contributed by atoms with Crippen LogP contribution in [0.15, 0.2) is 22.2 Å². The zero-order chi connectivity index (χ0) is 13.0. The average molecular weight is 282 g/mol. The molecular formula is C12H14N2O2S2. The van der Waals surface area contributed by atoms with Crippen molar-refractivity contribution in [3.8, 4) is 10.6 Å². The molecule has 2 rings (SSSR count). The lowest BCUT2D eigenvalue weighted by molar-refractivity contribution is 0.0938. The number of amides is 1. The molecule has 0 aliphatic carbocycles. The van der Waals surface area contributed by atoms with Crippen molar-refractivity contribution in [2.75, 3.05) is 13.2 Å². The molecule has 6 heteroatoms. The number of nitrogens with one attached hydrogen (secondary N) is 1. The number of nitrogens with zero attached hydrogens (tertiary/aromatic N) is 1. The van der Waals surface area contributed by atoms with Crippen LogP contribution in [0.3, 0.4) is 0 Å². The summed E-state index contributed by atoms with van der Waals surface area (Å²) in [5.41, 5.74) is 1.49. The molecule has 2 heterocycles. The number of thiophene rings is 1. The lowest BCUT2D eigenvalue weighted by Crippen LogP contribution is -2.29. The molecule has 0 fully saturated rings. The predicted octanol–water partition coefficient (Wildman–Crippen LogP) is 2.23. The summed E-state index contributed by atoms with van der Waals surface area (Å²) in [4.78, 5) is 16.1. The minimum absolute atomic E-state index is 0.0592. The first kappa shape index (κ1) is 13.2. The number of carbonyl (C=O) groups excluding carboxylic acids is 1. The van der Waals surface area contributed by atoms with E-state index in [9.17, 15) is 4.79 Å². The maximum atomic E-state index is 11.8. The van der Waals surface area contributed by atoms with Gasteiger partial charge in [0, 0.05) is 29.5 Å². The van der Waals surface area contributed by atoms with E-state index in [2.05, 4.69) is 10.3 Å². The third-order valence-electron chi connectivity index (χ3n) is 2.43. The fourth-order valence-corrected chi connectivity index (χ4v) is 2.83. The Morgan fingerprint density at radius 2 is 2.39 bits per heavy atom. The third-order valence-corrected chi connectivity index (χ3v) is 4.00. The summed E-state index contributed by atoms with van der Waals surface area (Å²) < 4.78 is 0. The van der Waals surface area contributed by atoms with Gasteiger partial charge in [0.2, 0.25) is 0 Å². The van der Waals surface area contributed by atoms with Crippen LogP contribution in [0, 0.1) is 5.92 Å². The molecule has 2 N–H and O–H groups in total. The first-order valence-electron chi connectivity index (χ1n) is 5.58. The third kappa shape index (κ3) is 3.16. The van der Waals surface area contributed by atoms with Crippen molar-refractivity contribution in [2.24, 2.45) is 5.92 Å². The minimum atomic E-state index is -0.187. The van der Waals surface area contributed by atoms with Gasteiger partial charge in [-0.25, -0.2) is 4.98 Å². The number of thiazole rings is 1. The predicted molar refractivity (Wildman–Crippen MR) is 74.0 cm³/mol. The summed E-state index contributed by atoms with van der Waals surface area (Å²) in [5.74, 6) is -0.128. The Bertz CT molecular complexity index is 508. The highest BCUT2D eigenvalue weighted by Gasteiger charge is 2.12. The van der Waals surface area contributed by atoms with Gasteiger partial charge in [-0.1, -0.05) is 6.92 Å². The van der Waals surface area contributed by atoms with E-state index in [1.807, 2.05) is 23.8 Å². The number of carbonyl (C=O) groups is 1. The smallest absolute Gasteiger partial charge is 0.270 e. The van der Waals surface area contributed by atoms with E-state index < -0.39 is 0 Å². The number of aliphatic hydroxyl groups excluding tert-OH is 1. The van der Waals surface area contributed by atoms with E-state index in [1.54, 1.807) is 16.7 Å². The van der Waals surface area contributed by atoms with Gasteiger partial charge in [-0.15, -0.1) is 11.3 Å². The molecule has 0 radical (unpaired) electrons. The van der Waals surface area contributed by atoms with Crippen molar-refractivity contribution < 1.29 is 9.90 Å². The molecule has 0 saturated carbocycles. The van der Waals surface area contributed by atoms with Crippen LogP contribution in [0.25, 0.3) is 10.6 Å². The van der Waals surface area contributed by atoms with Gasteiger partial charge < -0.3 is 10.4 Å². The van der Waals surface area contributed by atoms with Gasteiger partial charge in [-0.05, 0) is 17.4 Å². The molecule has 18 heavy (non-hydrogen) atoms. The van der Waals surface area contributed by atoms with E-state index >= 15 is 0 Å². The fraction of sp³-hybridized carbons (Fsp3) is 0.333. The van der Waals surface area contributed by atoms with E-state index in [0.717, 1.165) is 10.6 Å². The number of aliphatic hydroxyl groups is 1. The zero-order valence-electron chi connectivity index (χ0n) is 9.92. The molecule has 2 aromatic heterocycles. The molecule has 0 aliphatic heterocycles. The van der Waals surface area contributed by atoms with Crippen molar-refractivity contribution in [3.05, 3.63) is 27.9 Å². The fourth-order valence-electron chi connectivity index (χ4n) is 1.32. The molecule has 0 saturated heterocycles. The summed E-state index contributed by atoms with van der Waals surface area (Å²) in [6.07, 6.45) is 0. The number of hydrogen-bond acceptors (Lipinski definition) is 5. The lowest BCUT2D eigenvalue weighted by atomic mass is 10.2. The molecule has 1 amide bonds. The molecule has 2 aromatic rings. The van der Waals surface area contributed by atoms with Gasteiger partial charge in [-0.2, -0.15) is 11.3 Å². The highest BCUT2D eigenvalue weighted by Crippen LogP contribution is 2.25. The van der Waals surface area contributed by atoms with Crippen LogP contribution < -0.4 is 5.32 Å². The monoisotopic (exact) mass is 282 g/mol. The van der Waals surface area contributed by atoms with Crippen molar-refractivity contribution in [2.45, 2.75) is 6.92 Å². The average Bonchev–Trinajstić information content (AvgIpc) is 3.04. The Morgan fingerprint density at radius 3 is 3.06 bits per heavy atom. The first-order valence-corrected chi connectivity index (χ1v) is 7.40. The summed E-state index contributed by atoms with van der Waals surface area (Å²) in [6.45, 7) is 2.40. The second-order valence-corrected chi connectivity index (χ2v) is 5.69. The second-order valence-electron chi connectivity index (χ2n) is 4.05. The van der Waals surface area contributed by atoms with Crippen LogP contribution in [-0.2, 0) is 0 Å². The van der Waals surface area contributed by atoms with Crippen molar-refractivity contribution >= 4 is 28.6 Å². The Morgan fingerprint density at radius 1 is 1.56 bits per heavy atom. The molecule has 0 aromatic carbocycles. The van der Waals surface area contributed by atoms with Crippen LogP contribution in [0.5, 0.6) is 0 Å². The quantitative estimate of drug-likeness (QED) is 0.884. The topological polar surface area (TPSA) is 62.2 Å². The maximum Gasteiger partial charge on any atom is 0.270 e. The largest absolute Gasteiger partial charge is 0.396 e.